The van der Waals surface area contributed by atoms with Crippen LogP contribution >= 0.6 is 0 Å². The second kappa shape index (κ2) is 4.19. The summed E-state index contributed by atoms with van der Waals surface area (Å²) in [6.45, 7) is 2.49. The molecule has 2 aromatic heterocycles. The number of rotatable bonds is 2. The molecule has 2 N–H and O–H groups in total. The molecule has 0 aliphatic rings. The van der Waals surface area contributed by atoms with Crippen molar-refractivity contribution < 1.29 is 0 Å². The summed E-state index contributed by atoms with van der Waals surface area (Å²) < 4.78 is 1.76. The third-order valence-electron chi connectivity index (χ3n) is 2.84. The molecule has 0 spiro atoms. The zero-order valence-corrected chi connectivity index (χ0v) is 10.0. The van der Waals surface area contributed by atoms with Crippen molar-refractivity contribution in [1.82, 2.24) is 19.8 Å². The summed E-state index contributed by atoms with van der Waals surface area (Å²) in [6, 6.07) is 11.8. The predicted molar refractivity (Wildman–Crippen MR) is 68.8 cm³/mol. The van der Waals surface area contributed by atoms with E-state index in [1.54, 1.807) is 4.52 Å². The van der Waals surface area contributed by atoms with Gasteiger partial charge in [-0.15, -0.1) is 10.2 Å². The summed E-state index contributed by atoms with van der Waals surface area (Å²) >= 11 is 0. The lowest BCUT2D eigenvalue weighted by molar-refractivity contribution is 0.901. The number of nitrogens with two attached hydrogens (primary N) is 1. The summed E-state index contributed by atoms with van der Waals surface area (Å²) in [4.78, 5) is 0. The van der Waals surface area contributed by atoms with Crippen LogP contribution in [0.5, 0.6) is 0 Å². The fourth-order valence-corrected chi connectivity index (χ4v) is 1.85. The number of hydrogen-bond donors (Lipinski definition) is 1. The molecule has 0 aliphatic carbocycles. The van der Waals surface area contributed by atoms with Gasteiger partial charge in [0.15, 0.2) is 11.5 Å². The van der Waals surface area contributed by atoms with E-state index in [0.29, 0.717) is 6.54 Å². The van der Waals surface area contributed by atoms with Gasteiger partial charge in [0.1, 0.15) is 0 Å². The first-order valence-electron chi connectivity index (χ1n) is 5.76. The molecule has 3 rings (SSSR count). The van der Waals surface area contributed by atoms with Crippen molar-refractivity contribution in [3.8, 4) is 11.4 Å². The first-order valence-corrected chi connectivity index (χ1v) is 5.76. The van der Waals surface area contributed by atoms with Gasteiger partial charge in [0.2, 0.25) is 0 Å². The lowest BCUT2D eigenvalue weighted by atomic mass is 10.1. The summed E-state index contributed by atoms with van der Waals surface area (Å²) in [7, 11) is 0. The van der Waals surface area contributed by atoms with Crippen molar-refractivity contribution in [2.24, 2.45) is 5.73 Å². The molecule has 2 heterocycles. The van der Waals surface area contributed by atoms with E-state index in [-0.39, 0.29) is 0 Å². The normalized spacial score (nSPS) is 11.0. The molecule has 0 radical (unpaired) electrons. The lowest BCUT2D eigenvalue weighted by Crippen LogP contribution is -1.98. The van der Waals surface area contributed by atoms with Gasteiger partial charge in [0, 0.05) is 12.1 Å². The Bertz CT molecular complexity index is 684. The first-order chi connectivity index (χ1) is 8.78. The van der Waals surface area contributed by atoms with E-state index < -0.39 is 0 Å². The number of aryl methyl sites for hydroxylation is 1. The topological polar surface area (TPSA) is 69.1 Å². The van der Waals surface area contributed by atoms with Gasteiger partial charge in [-0.25, -0.2) is 0 Å². The predicted octanol–water partition coefficient (Wildman–Crippen LogP) is 1.56. The fraction of sp³-hybridized carbons (Fsp3) is 0.154. The average molecular weight is 239 g/mol. The average Bonchev–Trinajstić information content (AvgIpc) is 2.82. The minimum absolute atomic E-state index is 0.540. The molecule has 18 heavy (non-hydrogen) atoms. The fourth-order valence-electron chi connectivity index (χ4n) is 1.85. The van der Waals surface area contributed by atoms with E-state index in [2.05, 4.69) is 15.3 Å². The molecule has 3 aromatic rings. The van der Waals surface area contributed by atoms with Crippen LogP contribution in [-0.4, -0.2) is 19.8 Å². The summed E-state index contributed by atoms with van der Waals surface area (Å²) in [6.07, 6.45) is 0. The number of nitrogens with zero attached hydrogens (tertiary/aromatic N) is 4. The molecule has 0 atom stereocenters. The van der Waals surface area contributed by atoms with Gasteiger partial charge >= 0.3 is 0 Å². The molecule has 0 aliphatic heterocycles. The lowest BCUT2D eigenvalue weighted by Gasteiger charge is -2.01. The zero-order chi connectivity index (χ0) is 12.5. The van der Waals surface area contributed by atoms with Crippen molar-refractivity contribution in [1.29, 1.82) is 0 Å². The van der Waals surface area contributed by atoms with E-state index in [9.17, 15) is 0 Å². The highest BCUT2D eigenvalue weighted by atomic mass is 15.4. The van der Waals surface area contributed by atoms with E-state index >= 15 is 0 Å². The molecule has 0 saturated heterocycles. The maximum atomic E-state index is 5.58. The standard InChI is InChI=1S/C13H13N5/c1-9-2-7-12-15-16-13(18(12)17-9)11-5-3-10(8-14)4-6-11/h2-7H,8,14H2,1H3. The second-order valence-corrected chi connectivity index (χ2v) is 4.17. The first kappa shape index (κ1) is 10.9. The quantitative estimate of drug-likeness (QED) is 0.736. The van der Waals surface area contributed by atoms with Crippen LogP contribution in [0.1, 0.15) is 11.3 Å². The van der Waals surface area contributed by atoms with Crippen molar-refractivity contribution in [3.05, 3.63) is 47.7 Å². The van der Waals surface area contributed by atoms with Crippen molar-refractivity contribution in [2.75, 3.05) is 0 Å². The third kappa shape index (κ3) is 1.74. The maximum absolute atomic E-state index is 5.58. The molecule has 0 amide bonds. The molecule has 90 valence electrons. The Morgan fingerprint density at radius 1 is 1.06 bits per heavy atom. The molecular formula is C13H13N5. The molecule has 0 saturated carbocycles. The van der Waals surface area contributed by atoms with Gasteiger partial charge in [-0.05, 0) is 24.6 Å². The van der Waals surface area contributed by atoms with E-state index in [1.165, 1.54) is 0 Å². The van der Waals surface area contributed by atoms with Crippen LogP contribution in [0.25, 0.3) is 17.0 Å². The van der Waals surface area contributed by atoms with E-state index in [4.69, 9.17) is 5.73 Å². The summed E-state index contributed by atoms with van der Waals surface area (Å²) in [5.41, 5.74) is 9.34. The monoisotopic (exact) mass is 239 g/mol. The van der Waals surface area contributed by atoms with Gasteiger partial charge < -0.3 is 5.73 Å². The van der Waals surface area contributed by atoms with Gasteiger partial charge in [0.05, 0.1) is 5.69 Å². The zero-order valence-electron chi connectivity index (χ0n) is 10.0. The van der Waals surface area contributed by atoms with Crippen LogP contribution in [0, 0.1) is 6.92 Å². The van der Waals surface area contributed by atoms with Crippen LogP contribution in [-0.2, 0) is 6.54 Å². The number of benzene rings is 1. The SMILES string of the molecule is Cc1ccc2nnc(-c3ccc(CN)cc3)n2n1. The summed E-state index contributed by atoms with van der Waals surface area (Å²) in [5.74, 6) is 0.747. The highest BCUT2D eigenvalue weighted by Gasteiger charge is 2.08. The van der Waals surface area contributed by atoms with Gasteiger partial charge in [-0.3, -0.25) is 0 Å². The second-order valence-electron chi connectivity index (χ2n) is 4.17. The van der Waals surface area contributed by atoms with Crippen molar-refractivity contribution in [2.45, 2.75) is 13.5 Å². The highest BCUT2D eigenvalue weighted by molar-refractivity contribution is 5.59. The van der Waals surface area contributed by atoms with Gasteiger partial charge in [-0.2, -0.15) is 9.61 Å². The van der Waals surface area contributed by atoms with Crippen LogP contribution in [0.2, 0.25) is 0 Å². The third-order valence-corrected chi connectivity index (χ3v) is 2.84. The van der Waals surface area contributed by atoms with Crippen LogP contribution in [0.15, 0.2) is 36.4 Å². The minimum atomic E-state index is 0.540. The number of hydrogen-bond acceptors (Lipinski definition) is 4. The molecular weight excluding hydrogens is 226 g/mol. The summed E-state index contributed by atoms with van der Waals surface area (Å²) in [5, 5.41) is 12.7. The Labute approximate surface area is 104 Å². The molecule has 0 bridgehead atoms. The van der Waals surface area contributed by atoms with Crippen LogP contribution in [0.3, 0.4) is 0 Å². The molecule has 5 heteroatoms. The highest BCUT2D eigenvalue weighted by Crippen LogP contribution is 2.18. The maximum Gasteiger partial charge on any atom is 0.185 e. The van der Waals surface area contributed by atoms with Gasteiger partial charge in [0.25, 0.3) is 0 Å². The Morgan fingerprint density at radius 3 is 2.56 bits per heavy atom. The minimum Gasteiger partial charge on any atom is -0.326 e. The molecule has 1 aromatic carbocycles. The molecule has 5 nitrogen and oxygen atoms in total. The molecule has 0 fully saturated rings. The van der Waals surface area contributed by atoms with E-state index in [1.807, 2.05) is 43.3 Å². The smallest absolute Gasteiger partial charge is 0.185 e. The number of fused-ring (bicyclic) bond motifs is 1. The Hall–Kier alpha value is -2.27. The van der Waals surface area contributed by atoms with Crippen LogP contribution < -0.4 is 5.73 Å². The Kier molecular flexibility index (Phi) is 2.53. The van der Waals surface area contributed by atoms with E-state index in [0.717, 1.165) is 28.3 Å². The Balaban J connectivity index is 2.15. The Morgan fingerprint density at radius 2 is 1.83 bits per heavy atom. The van der Waals surface area contributed by atoms with Crippen molar-refractivity contribution in [3.63, 3.8) is 0 Å². The largest absolute Gasteiger partial charge is 0.326 e. The van der Waals surface area contributed by atoms with Crippen molar-refractivity contribution >= 4 is 5.65 Å². The van der Waals surface area contributed by atoms with Crippen LogP contribution in [0.4, 0.5) is 0 Å². The van der Waals surface area contributed by atoms with Gasteiger partial charge in [-0.1, -0.05) is 24.3 Å². The molecule has 0 unspecified atom stereocenters. The number of aromatic nitrogens is 4.